The highest BCUT2D eigenvalue weighted by atomic mass is 15.3. The first-order chi connectivity index (χ1) is 25.3. The molecule has 0 N–H and O–H groups in total. The van der Waals surface area contributed by atoms with Gasteiger partial charge in [-0.3, -0.25) is 9.13 Å². The maximum absolute atomic E-state index is 5.31. The largest absolute Gasteiger partial charge is 0.309 e. The van der Waals surface area contributed by atoms with Gasteiger partial charge in [0.1, 0.15) is 0 Å². The molecule has 0 spiro atoms. The molecule has 51 heavy (non-hydrogen) atoms. The van der Waals surface area contributed by atoms with Crippen LogP contribution in [0.5, 0.6) is 0 Å². The van der Waals surface area contributed by atoms with Crippen LogP contribution >= 0.6 is 0 Å². The average Bonchev–Trinajstić information content (AvgIpc) is 3.84. The Bertz CT molecular complexity index is 2910. The fourth-order valence-corrected chi connectivity index (χ4v) is 7.92. The maximum Gasteiger partial charge on any atom is 0.240 e. The second-order valence-corrected chi connectivity index (χ2v) is 12.9. The zero-order valence-electron chi connectivity index (χ0n) is 27.3. The predicted molar refractivity (Wildman–Crippen MR) is 208 cm³/mol. The third-order valence-corrected chi connectivity index (χ3v) is 10.1. The van der Waals surface area contributed by atoms with Crippen LogP contribution in [0.25, 0.3) is 94.4 Å². The second-order valence-electron chi connectivity index (χ2n) is 12.9. The van der Waals surface area contributed by atoms with Gasteiger partial charge < -0.3 is 4.57 Å². The minimum Gasteiger partial charge on any atom is -0.309 e. The van der Waals surface area contributed by atoms with E-state index in [1.165, 1.54) is 10.8 Å². The first kappa shape index (κ1) is 27.9. The summed E-state index contributed by atoms with van der Waals surface area (Å²) in [4.78, 5) is 15.9. The van der Waals surface area contributed by atoms with Crippen molar-refractivity contribution >= 4 is 65.4 Å². The normalized spacial score (nSPS) is 11.9. The lowest BCUT2D eigenvalue weighted by Crippen LogP contribution is -2.10. The molecule has 0 radical (unpaired) electrons. The van der Waals surface area contributed by atoms with E-state index in [4.69, 9.17) is 15.0 Å². The first-order valence-corrected chi connectivity index (χ1v) is 17.1. The zero-order valence-corrected chi connectivity index (χ0v) is 27.3. The van der Waals surface area contributed by atoms with Crippen LogP contribution in [-0.4, -0.2) is 28.7 Å². The van der Waals surface area contributed by atoms with Crippen LogP contribution in [0.15, 0.2) is 170 Å². The lowest BCUT2D eigenvalue weighted by atomic mass is 10.1. The molecule has 11 rings (SSSR count). The Hall–Kier alpha value is -7.05. The lowest BCUT2D eigenvalue weighted by molar-refractivity contribution is 0.893. The van der Waals surface area contributed by atoms with Crippen molar-refractivity contribution in [2.45, 2.75) is 0 Å². The maximum atomic E-state index is 5.31. The Balaban J connectivity index is 1.24. The summed E-state index contributed by atoms with van der Waals surface area (Å²) in [6.07, 6.45) is 0. The second kappa shape index (κ2) is 10.7. The van der Waals surface area contributed by atoms with Crippen molar-refractivity contribution in [3.05, 3.63) is 170 Å². The predicted octanol–water partition coefficient (Wildman–Crippen LogP) is 10.8. The van der Waals surface area contributed by atoms with Crippen LogP contribution in [0, 0.1) is 0 Å². The van der Waals surface area contributed by atoms with E-state index in [1.807, 2.05) is 0 Å². The molecule has 0 unspecified atom stereocenters. The topological polar surface area (TPSA) is 53.5 Å². The van der Waals surface area contributed by atoms with Crippen molar-refractivity contribution < 1.29 is 0 Å². The van der Waals surface area contributed by atoms with Crippen molar-refractivity contribution in [1.82, 2.24) is 28.7 Å². The number of benzene rings is 7. The molecule has 0 bridgehead atoms. The lowest BCUT2D eigenvalue weighted by Gasteiger charge is -2.13. The molecule has 6 nitrogen and oxygen atoms in total. The molecule has 0 saturated heterocycles. The molecule has 7 aromatic carbocycles. The standard InChI is InChI=1S/C45H28N6/c1-2-14-30(15-3-1)49-37-21-9-4-20-35(37)36-27-26-29(28-42(36)49)43-46-44(50-38-22-10-5-16-31(38)32-17-6-11-23-39(32)50)48-45(47-43)51-40-24-12-7-18-33(40)34-19-8-13-25-41(34)51/h1-28H. The molecule has 4 heterocycles. The number of para-hydroxylation sites is 6. The summed E-state index contributed by atoms with van der Waals surface area (Å²) in [5.74, 6) is 1.74. The van der Waals surface area contributed by atoms with Crippen molar-refractivity contribution in [2.75, 3.05) is 0 Å². The Kier molecular flexibility index (Phi) is 5.86. The first-order valence-electron chi connectivity index (χ1n) is 17.1. The van der Waals surface area contributed by atoms with Crippen LogP contribution < -0.4 is 0 Å². The van der Waals surface area contributed by atoms with Crippen LogP contribution in [0.2, 0.25) is 0 Å². The molecule has 0 aliphatic rings. The summed E-state index contributed by atoms with van der Waals surface area (Å²) in [6.45, 7) is 0. The summed E-state index contributed by atoms with van der Waals surface area (Å²) in [5.41, 5.74) is 8.45. The van der Waals surface area contributed by atoms with E-state index < -0.39 is 0 Å². The molecular formula is C45H28N6. The van der Waals surface area contributed by atoms with E-state index in [2.05, 4.69) is 184 Å². The summed E-state index contributed by atoms with van der Waals surface area (Å²) in [6, 6.07) is 59.6. The Morgan fingerprint density at radius 1 is 0.294 bits per heavy atom. The Morgan fingerprint density at radius 2 is 0.667 bits per heavy atom. The summed E-state index contributed by atoms with van der Waals surface area (Å²) >= 11 is 0. The molecule has 0 aliphatic carbocycles. The van der Waals surface area contributed by atoms with E-state index in [9.17, 15) is 0 Å². The van der Waals surface area contributed by atoms with Gasteiger partial charge in [-0.15, -0.1) is 0 Å². The number of rotatable bonds is 4. The van der Waals surface area contributed by atoms with Gasteiger partial charge >= 0.3 is 0 Å². The highest BCUT2D eigenvalue weighted by Crippen LogP contribution is 2.37. The molecule has 4 aromatic heterocycles. The summed E-state index contributed by atoms with van der Waals surface area (Å²) < 4.78 is 6.68. The molecule has 0 fully saturated rings. The van der Waals surface area contributed by atoms with Crippen LogP contribution in [-0.2, 0) is 0 Å². The fraction of sp³-hybridized carbons (Fsp3) is 0. The van der Waals surface area contributed by atoms with Crippen LogP contribution in [0.4, 0.5) is 0 Å². The zero-order chi connectivity index (χ0) is 33.5. The molecule has 0 aliphatic heterocycles. The van der Waals surface area contributed by atoms with Crippen molar-refractivity contribution in [3.63, 3.8) is 0 Å². The van der Waals surface area contributed by atoms with Crippen molar-refractivity contribution in [1.29, 1.82) is 0 Å². The Morgan fingerprint density at radius 3 is 1.12 bits per heavy atom. The van der Waals surface area contributed by atoms with E-state index in [-0.39, 0.29) is 0 Å². The number of fused-ring (bicyclic) bond motifs is 9. The smallest absolute Gasteiger partial charge is 0.240 e. The molecule has 0 atom stereocenters. The van der Waals surface area contributed by atoms with Crippen molar-refractivity contribution in [3.8, 4) is 29.0 Å². The van der Waals surface area contributed by atoms with Crippen LogP contribution in [0.1, 0.15) is 0 Å². The third kappa shape index (κ3) is 4.07. The molecule has 11 aromatic rings. The van der Waals surface area contributed by atoms with Gasteiger partial charge in [-0.05, 0) is 48.5 Å². The highest BCUT2D eigenvalue weighted by molar-refractivity contribution is 6.11. The quantitative estimate of drug-likeness (QED) is 0.190. The fourth-order valence-electron chi connectivity index (χ4n) is 7.92. The van der Waals surface area contributed by atoms with Gasteiger partial charge in [-0.25, -0.2) is 0 Å². The number of aromatic nitrogens is 6. The summed E-state index contributed by atoms with van der Waals surface area (Å²) in [5, 5.41) is 7.00. The van der Waals surface area contributed by atoms with Gasteiger partial charge in [0.05, 0.1) is 33.1 Å². The minimum atomic E-state index is 0.568. The van der Waals surface area contributed by atoms with E-state index in [0.29, 0.717) is 17.7 Å². The molecular weight excluding hydrogens is 625 g/mol. The highest BCUT2D eigenvalue weighted by Gasteiger charge is 2.21. The van der Waals surface area contributed by atoms with Gasteiger partial charge in [0.25, 0.3) is 0 Å². The number of hydrogen-bond donors (Lipinski definition) is 0. The minimum absolute atomic E-state index is 0.568. The van der Waals surface area contributed by atoms with Crippen LogP contribution in [0.3, 0.4) is 0 Å². The van der Waals surface area contributed by atoms with Gasteiger partial charge in [-0.1, -0.05) is 121 Å². The van der Waals surface area contributed by atoms with Gasteiger partial charge in [0.15, 0.2) is 5.82 Å². The van der Waals surface area contributed by atoms with E-state index >= 15 is 0 Å². The van der Waals surface area contributed by atoms with Gasteiger partial charge in [0, 0.05) is 43.6 Å². The SMILES string of the molecule is c1ccc(-n2c3ccccc3c3ccc(-c4nc(-n5c6ccccc6c6ccccc65)nc(-n5c6ccccc6c6ccccc65)n4)cc32)cc1. The number of hydrogen-bond acceptors (Lipinski definition) is 3. The number of nitrogens with zero attached hydrogens (tertiary/aromatic N) is 6. The molecule has 6 heteroatoms. The van der Waals surface area contributed by atoms with Crippen molar-refractivity contribution in [2.24, 2.45) is 0 Å². The average molecular weight is 653 g/mol. The molecule has 0 amide bonds. The monoisotopic (exact) mass is 652 g/mol. The molecule has 238 valence electrons. The summed E-state index contributed by atoms with van der Waals surface area (Å²) in [7, 11) is 0. The van der Waals surface area contributed by atoms with E-state index in [0.717, 1.165) is 65.9 Å². The molecule has 0 saturated carbocycles. The van der Waals surface area contributed by atoms with E-state index in [1.54, 1.807) is 0 Å². The van der Waals surface area contributed by atoms with Gasteiger partial charge in [-0.2, -0.15) is 15.0 Å². The Labute approximate surface area is 292 Å². The van der Waals surface area contributed by atoms with Gasteiger partial charge in [0.2, 0.25) is 11.9 Å². The third-order valence-electron chi connectivity index (χ3n) is 10.1.